The largest absolute Gasteiger partial charge is 0.463 e. The zero-order valence-electron chi connectivity index (χ0n) is 10.1. The van der Waals surface area contributed by atoms with Crippen LogP contribution in [0.15, 0.2) is 16.5 Å². The van der Waals surface area contributed by atoms with Crippen LogP contribution < -0.4 is 5.73 Å². The van der Waals surface area contributed by atoms with Gasteiger partial charge in [-0.1, -0.05) is 6.92 Å². The van der Waals surface area contributed by atoms with E-state index in [9.17, 15) is 0 Å². The highest BCUT2D eigenvalue weighted by molar-refractivity contribution is 5.06. The van der Waals surface area contributed by atoms with Gasteiger partial charge in [0.2, 0.25) is 0 Å². The summed E-state index contributed by atoms with van der Waals surface area (Å²) in [5.41, 5.74) is 5.53. The SMILES string of the molecule is CC1CCCN(Cc2ccc(CN)o2)CC1. The van der Waals surface area contributed by atoms with E-state index in [2.05, 4.69) is 17.9 Å². The Balaban J connectivity index is 1.88. The molecular weight excluding hydrogens is 200 g/mol. The standard InChI is InChI=1S/C13H22N2O/c1-11-3-2-7-15(8-6-11)10-13-5-4-12(9-14)16-13/h4-5,11H,2-3,6-10,14H2,1H3. The number of furan rings is 1. The molecule has 1 saturated heterocycles. The number of nitrogens with zero attached hydrogens (tertiary/aromatic N) is 1. The summed E-state index contributed by atoms with van der Waals surface area (Å²) in [5.74, 6) is 2.81. The molecule has 2 heterocycles. The molecule has 1 unspecified atom stereocenters. The molecule has 0 radical (unpaired) electrons. The van der Waals surface area contributed by atoms with Gasteiger partial charge in [0.25, 0.3) is 0 Å². The first-order chi connectivity index (χ1) is 7.78. The Labute approximate surface area is 97.6 Å². The van der Waals surface area contributed by atoms with Crippen molar-refractivity contribution >= 4 is 0 Å². The normalized spacial score (nSPS) is 23.2. The fraction of sp³-hybridized carbons (Fsp3) is 0.692. The van der Waals surface area contributed by atoms with Crippen LogP contribution in [0.1, 0.15) is 37.7 Å². The lowest BCUT2D eigenvalue weighted by Crippen LogP contribution is -2.23. The number of nitrogens with two attached hydrogens (primary N) is 1. The maximum atomic E-state index is 5.64. The molecule has 1 aliphatic heterocycles. The summed E-state index contributed by atoms with van der Waals surface area (Å²) in [6.07, 6.45) is 3.98. The van der Waals surface area contributed by atoms with Crippen LogP contribution in [-0.4, -0.2) is 18.0 Å². The molecule has 1 atom stereocenters. The first-order valence-corrected chi connectivity index (χ1v) is 6.28. The predicted octanol–water partition coefficient (Wildman–Crippen LogP) is 2.36. The van der Waals surface area contributed by atoms with Gasteiger partial charge < -0.3 is 10.2 Å². The highest BCUT2D eigenvalue weighted by Crippen LogP contribution is 2.18. The van der Waals surface area contributed by atoms with E-state index in [1.54, 1.807) is 0 Å². The molecule has 2 N–H and O–H groups in total. The van der Waals surface area contributed by atoms with Crippen molar-refractivity contribution in [3.8, 4) is 0 Å². The zero-order valence-corrected chi connectivity index (χ0v) is 10.1. The predicted molar refractivity (Wildman–Crippen MR) is 64.9 cm³/mol. The van der Waals surface area contributed by atoms with Crippen molar-refractivity contribution in [1.29, 1.82) is 0 Å². The van der Waals surface area contributed by atoms with Crippen LogP contribution in [0.25, 0.3) is 0 Å². The Hall–Kier alpha value is -0.800. The maximum absolute atomic E-state index is 5.64. The van der Waals surface area contributed by atoms with E-state index >= 15 is 0 Å². The second-order valence-corrected chi connectivity index (χ2v) is 4.88. The van der Waals surface area contributed by atoms with E-state index in [-0.39, 0.29) is 0 Å². The minimum absolute atomic E-state index is 0.497. The van der Waals surface area contributed by atoms with Crippen molar-refractivity contribution in [3.63, 3.8) is 0 Å². The Morgan fingerprint density at radius 3 is 2.88 bits per heavy atom. The number of rotatable bonds is 3. The smallest absolute Gasteiger partial charge is 0.118 e. The molecule has 1 fully saturated rings. The molecule has 16 heavy (non-hydrogen) atoms. The molecule has 0 amide bonds. The molecule has 0 saturated carbocycles. The molecule has 3 heteroatoms. The number of hydrogen-bond acceptors (Lipinski definition) is 3. The van der Waals surface area contributed by atoms with Crippen molar-refractivity contribution in [1.82, 2.24) is 4.90 Å². The lowest BCUT2D eigenvalue weighted by molar-refractivity contribution is 0.248. The molecule has 0 aromatic carbocycles. The molecule has 2 rings (SSSR count). The summed E-state index contributed by atoms with van der Waals surface area (Å²) in [6.45, 7) is 6.18. The molecule has 1 aromatic rings. The Morgan fingerprint density at radius 2 is 2.12 bits per heavy atom. The van der Waals surface area contributed by atoms with E-state index in [4.69, 9.17) is 10.2 Å². The second-order valence-electron chi connectivity index (χ2n) is 4.88. The Morgan fingerprint density at radius 1 is 1.31 bits per heavy atom. The van der Waals surface area contributed by atoms with E-state index in [1.807, 2.05) is 6.07 Å². The molecule has 3 nitrogen and oxygen atoms in total. The summed E-state index contributed by atoms with van der Waals surface area (Å²) in [7, 11) is 0. The van der Waals surface area contributed by atoms with Gasteiger partial charge in [-0.15, -0.1) is 0 Å². The van der Waals surface area contributed by atoms with Crippen LogP contribution in [0.2, 0.25) is 0 Å². The van der Waals surface area contributed by atoms with Gasteiger partial charge in [0, 0.05) is 0 Å². The molecule has 1 aromatic heterocycles. The van der Waals surface area contributed by atoms with Crippen molar-refractivity contribution in [3.05, 3.63) is 23.7 Å². The van der Waals surface area contributed by atoms with Gasteiger partial charge in [0.1, 0.15) is 11.5 Å². The number of likely N-dealkylation sites (tertiary alicyclic amines) is 1. The van der Waals surface area contributed by atoms with Crippen molar-refractivity contribution in [2.24, 2.45) is 11.7 Å². The van der Waals surface area contributed by atoms with Gasteiger partial charge in [-0.3, -0.25) is 4.90 Å². The third kappa shape index (κ3) is 3.09. The Bertz CT molecular complexity index is 321. The van der Waals surface area contributed by atoms with Crippen LogP contribution in [0.3, 0.4) is 0 Å². The fourth-order valence-corrected chi connectivity index (χ4v) is 2.32. The topological polar surface area (TPSA) is 42.4 Å². The van der Waals surface area contributed by atoms with Gasteiger partial charge in [-0.2, -0.15) is 0 Å². The number of hydrogen-bond donors (Lipinski definition) is 1. The molecule has 0 aliphatic carbocycles. The average molecular weight is 222 g/mol. The maximum Gasteiger partial charge on any atom is 0.118 e. The third-order valence-electron chi connectivity index (χ3n) is 3.41. The van der Waals surface area contributed by atoms with Gasteiger partial charge in [0.05, 0.1) is 13.1 Å². The van der Waals surface area contributed by atoms with Gasteiger partial charge in [-0.05, 0) is 50.4 Å². The monoisotopic (exact) mass is 222 g/mol. The quantitative estimate of drug-likeness (QED) is 0.853. The molecule has 1 aliphatic rings. The summed E-state index contributed by atoms with van der Waals surface area (Å²) < 4.78 is 5.64. The first kappa shape index (κ1) is 11.7. The molecule has 0 spiro atoms. The van der Waals surface area contributed by atoms with Crippen molar-refractivity contribution < 1.29 is 4.42 Å². The summed E-state index contributed by atoms with van der Waals surface area (Å²) in [5, 5.41) is 0. The van der Waals surface area contributed by atoms with Gasteiger partial charge in [-0.25, -0.2) is 0 Å². The second kappa shape index (κ2) is 5.51. The lowest BCUT2D eigenvalue weighted by atomic mass is 10.0. The van der Waals surface area contributed by atoms with Crippen LogP contribution in [0.5, 0.6) is 0 Å². The van der Waals surface area contributed by atoms with Crippen LogP contribution >= 0.6 is 0 Å². The van der Waals surface area contributed by atoms with E-state index in [0.29, 0.717) is 6.54 Å². The molecule has 90 valence electrons. The van der Waals surface area contributed by atoms with Crippen LogP contribution in [0.4, 0.5) is 0 Å². The molecular formula is C13H22N2O. The lowest BCUT2D eigenvalue weighted by Gasteiger charge is -2.18. The van der Waals surface area contributed by atoms with E-state index < -0.39 is 0 Å². The van der Waals surface area contributed by atoms with E-state index in [0.717, 1.165) is 24.0 Å². The first-order valence-electron chi connectivity index (χ1n) is 6.28. The minimum atomic E-state index is 0.497. The summed E-state index contributed by atoms with van der Waals surface area (Å²) in [6, 6.07) is 4.03. The molecule has 0 bridgehead atoms. The summed E-state index contributed by atoms with van der Waals surface area (Å²) in [4.78, 5) is 2.49. The highest BCUT2D eigenvalue weighted by Gasteiger charge is 2.14. The van der Waals surface area contributed by atoms with Crippen LogP contribution in [-0.2, 0) is 13.1 Å². The zero-order chi connectivity index (χ0) is 11.4. The fourth-order valence-electron chi connectivity index (χ4n) is 2.32. The van der Waals surface area contributed by atoms with E-state index in [1.165, 1.54) is 32.4 Å². The summed E-state index contributed by atoms with van der Waals surface area (Å²) >= 11 is 0. The minimum Gasteiger partial charge on any atom is -0.463 e. The van der Waals surface area contributed by atoms with Gasteiger partial charge >= 0.3 is 0 Å². The Kier molecular flexibility index (Phi) is 4.02. The highest BCUT2D eigenvalue weighted by atomic mass is 16.3. The van der Waals surface area contributed by atoms with Crippen LogP contribution in [0, 0.1) is 5.92 Å². The average Bonchev–Trinajstić information content (AvgIpc) is 2.63. The third-order valence-corrected chi connectivity index (χ3v) is 3.41. The van der Waals surface area contributed by atoms with Gasteiger partial charge in [0.15, 0.2) is 0 Å². The van der Waals surface area contributed by atoms with Crippen molar-refractivity contribution in [2.45, 2.75) is 39.3 Å². The van der Waals surface area contributed by atoms with Crippen molar-refractivity contribution in [2.75, 3.05) is 13.1 Å².